The number of nitrogens with zero attached hydrogens (tertiary/aromatic N) is 3. The lowest BCUT2D eigenvalue weighted by Crippen LogP contribution is -2.18. The Labute approximate surface area is 192 Å². The molecular weight excluding hydrogens is 422 g/mol. The normalized spacial score (nSPS) is 10.6. The Hall–Kier alpha value is -4.14. The van der Waals surface area contributed by atoms with Crippen molar-refractivity contribution in [2.24, 2.45) is 5.92 Å². The number of carbonyl (C=O) groups excluding carboxylic acids is 2. The van der Waals surface area contributed by atoms with Crippen LogP contribution in [0.3, 0.4) is 0 Å². The smallest absolute Gasteiger partial charge is 0.339 e. The SMILES string of the molecule is COC(=O)c1ccccc1N(C)c1ncnc(Nc2ccc(C(=O)OCC(C)C)cc2)c1N. The molecule has 0 fully saturated rings. The minimum absolute atomic E-state index is 0.266. The van der Waals surface area contributed by atoms with Crippen molar-refractivity contribution < 1.29 is 19.1 Å². The maximum atomic E-state index is 12.2. The highest BCUT2D eigenvalue weighted by molar-refractivity contribution is 5.97. The zero-order valence-corrected chi connectivity index (χ0v) is 19.0. The van der Waals surface area contributed by atoms with Crippen LogP contribution in [0.5, 0.6) is 0 Å². The second-order valence-corrected chi connectivity index (χ2v) is 7.72. The quantitative estimate of drug-likeness (QED) is 0.488. The topological polar surface area (TPSA) is 120 Å². The summed E-state index contributed by atoms with van der Waals surface area (Å²) in [6.07, 6.45) is 1.38. The highest BCUT2D eigenvalue weighted by Gasteiger charge is 2.19. The van der Waals surface area contributed by atoms with E-state index in [1.165, 1.54) is 13.4 Å². The number of rotatable bonds is 8. The molecule has 0 amide bonds. The fourth-order valence-electron chi connectivity index (χ4n) is 3.07. The molecule has 1 aromatic heterocycles. The van der Waals surface area contributed by atoms with Gasteiger partial charge in [0.1, 0.15) is 12.0 Å². The van der Waals surface area contributed by atoms with E-state index in [0.29, 0.717) is 46.4 Å². The summed E-state index contributed by atoms with van der Waals surface area (Å²) in [7, 11) is 3.08. The zero-order chi connectivity index (χ0) is 24.0. The predicted molar refractivity (Wildman–Crippen MR) is 127 cm³/mol. The van der Waals surface area contributed by atoms with Crippen molar-refractivity contribution in [1.82, 2.24) is 9.97 Å². The standard InChI is InChI=1S/C24H27N5O4/c1-15(2)13-33-23(30)16-9-11-17(12-10-16)28-21-20(25)22(27-14-26-21)29(3)19-8-6-5-7-18(19)24(31)32-4/h5-12,14-15H,13,25H2,1-4H3,(H,26,27,28). The first-order valence-electron chi connectivity index (χ1n) is 10.4. The van der Waals surface area contributed by atoms with Crippen LogP contribution in [0, 0.1) is 5.92 Å². The third kappa shape index (κ3) is 5.57. The van der Waals surface area contributed by atoms with Crippen molar-refractivity contribution in [3.63, 3.8) is 0 Å². The van der Waals surface area contributed by atoms with E-state index in [2.05, 4.69) is 15.3 Å². The summed E-state index contributed by atoms with van der Waals surface area (Å²) in [5, 5.41) is 3.14. The number of carbonyl (C=O) groups is 2. The van der Waals surface area contributed by atoms with Gasteiger partial charge in [0.2, 0.25) is 0 Å². The van der Waals surface area contributed by atoms with Gasteiger partial charge < -0.3 is 25.4 Å². The number of hydrogen-bond acceptors (Lipinski definition) is 9. The molecule has 0 aliphatic rings. The molecule has 3 N–H and O–H groups in total. The number of nitrogens with two attached hydrogens (primary N) is 1. The third-order valence-electron chi connectivity index (χ3n) is 4.78. The summed E-state index contributed by atoms with van der Waals surface area (Å²) in [4.78, 5) is 34.5. The van der Waals surface area contributed by atoms with Crippen molar-refractivity contribution in [3.05, 3.63) is 66.0 Å². The number of aromatic nitrogens is 2. The molecule has 0 spiro atoms. The maximum absolute atomic E-state index is 12.2. The Balaban J connectivity index is 1.81. The van der Waals surface area contributed by atoms with Gasteiger partial charge in [-0.1, -0.05) is 26.0 Å². The molecule has 9 nitrogen and oxygen atoms in total. The number of ether oxygens (including phenoxy) is 2. The Bertz CT molecular complexity index is 1130. The fraction of sp³-hybridized carbons (Fsp3) is 0.250. The lowest BCUT2D eigenvalue weighted by atomic mass is 10.1. The van der Waals surface area contributed by atoms with Crippen molar-refractivity contribution >= 4 is 40.6 Å². The van der Waals surface area contributed by atoms with Gasteiger partial charge in [-0.3, -0.25) is 0 Å². The van der Waals surface area contributed by atoms with Crippen LogP contribution in [0.4, 0.5) is 28.7 Å². The van der Waals surface area contributed by atoms with E-state index >= 15 is 0 Å². The predicted octanol–water partition coefficient (Wildman–Crippen LogP) is 4.17. The average Bonchev–Trinajstić information content (AvgIpc) is 2.83. The Morgan fingerprint density at radius 1 is 1.06 bits per heavy atom. The van der Waals surface area contributed by atoms with Crippen LogP contribution < -0.4 is 16.0 Å². The Morgan fingerprint density at radius 2 is 1.76 bits per heavy atom. The Morgan fingerprint density at radius 3 is 2.42 bits per heavy atom. The molecule has 0 atom stereocenters. The lowest BCUT2D eigenvalue weighted by Gasteiger charge is -2.23. The van der Waals surface area contributed by atoms with Gasteiger partial charge in [-0.25, -0.2) is 19.6 Å². The number of anilines is 5. The number of benzene rings is 2. The monoisotopic (exact) mass is 449 g/mol. The Kier molecular flexibility index (Phi) is 7.45. The minimum atomic E-state index is -0.463. The van der Waals surface area contributed by atoms with Crippen LogP contribution in [-0.4, -0.2) is 42.7 Å². The van der Waals surface area contributed by atoms with E-state index < -0.39 is 5.97 Å². The molecule has 0 bridgehead atoms. The van der Waals surface area contributed by atoms with E-state index in [-0.39, 0.29) is 11.9 Å². The highest BCUT2D eigenvalue weighted by atomic mass is 16.5. The van der Waals surface area contributed by atoms with E-state index in [1.54, 1.807) is 54.4 Å². The van der Waals surface area contributed by atoms with Gasteiger partial charge in [0.25, 0.3) is 0 Å². The van der Waals surface area contributed by atoms with Gasteiger partial charge in [0.15, 0.2) is 11.6 Å². The van der Waals surface area contributed by atoms with E-state index in [1.807, 2.05) is 19.9 Å². The van der Waals surface area contributed by atoms with E-state index in [0.717, 1.165) is 0 Å². The number of nitrogen functional groups attached to an aromatic ring is 1. The fourth-order valence-corrected chi connectivity index (χ4v) is 3.07. The minimum Gasteiger partial charge on any atom is -0.465 e. The number of nitrogens with one attached hydrogen (secondary N) is 1. The summed E-state index contributed by atoms with van der Waals surface area (Å²) in [5.41, 5.74) is 8.76. The highest BCUT2D eigenvalue weighted by Crippen LogP contribution is 2.33. The van der Waals surface area contributed by atoms with Gasteiger partial charge in [0, 0.05) is 12.7 Å². The molecule has 2 aromatic carbocycles. The van der Waals surface area contributed by atoms with Crippen LogP contribution in [0.25, 0.3) is 0 Å². The second kappa shape index (κ2) is 10.4. The molecule has 3 rings (SSSR count). The number of methoxy groups -OCH3 is 1. The summed E-state index contributed by atoms with van der Waals surface area (Å²) in [6, 6.07) is 13.8. The summed E-state index contributed by atoms with van der Waals surface area (Å²) >= 11 is 0. The molecule has 172 valence electrons. The molecule has 1 heterocycles. The molecule has 0 radical (unpaired) electrons. The van der Waals surface area contributed by atoms with Crippen molar-refractivity contribution in [3.8, 4) is 0 Å². The van der Waals surface area contributed by atoms with Crippen LogP contribution in [0.1, 0.15) is 34.6 Å². The average molecular weight is 450 g/mol. The molecule has 0 aliphatic carbocycles. The van der Waals surface area contributed by atoms with Crippen molar-refractivity contribution in [2.45, 2.75) is 13.8 Å². The molecule has 0 aliphatic heterocycles. The van der Waals surface area contributed by atoms with E-state index in [9.17, 15) is 9.59 Å². The first kappa shape index (κ1) is 23.5. The first-order chi connectivity index (χ1) is 15.8. The number of hydrogen-bond donors (Lipinski definition) is 2. The molecular formula is C24H27N5O4. The second-order valence-electron chi connectivity index (χ2n) is 7.72. The van der Waals surface area contributed by atoms with Crippen molar-refractivity contribution in [2.75, 3.05) is 36.7 Å². The van der Waals surface area contributed by atoms with Gasteiger partial charge >= 0.3 is 11.9 Å². The van der Waals surface area contributed by atoms with Gasteiger partial charge in [-0.15, -0.1) is 0 Å². The molecule has 3 aromatic rings. The van der Waals surface area contributed by atoms with Crippen LogP contribution >= 0.6 is 0 Å². The number of para-hydroxylation sites is 1. The van der Waals surface area contributed by atoms with Gasteiger partial charge in [-0.2, -0.15) is 0 Å². The van der Waals surface area contributed by atoms with Crippen molar-refractivity contribution in [1.29, 1.82) is 0 Å². The third-order valence-corrected chi connectivity index (χ3v) is 4.78. The summed E-state index contributed by atoms with van der Waals surface area (Å²) < 4.78 is 10.1. The molecule has 0 saturated carbocycles. The maximum Gasteiger partial charge on any atom is 0.339 e. The molecule has 0 saturated heterocycles. The van der Waals surface area contributed by atoms with Gasteiger partial charge in [-0.05, 0) is 42.3 Å². The molecule has 0 unspecified atom stereocenters. The van der Waals surface area contributed by atoms with Crippen LogP contribution in [-0.2, 0) is 9.47 Å². The summed E-state index contributed by atoms with van der Waals surface area (Å²) in [5.74, 6) is 0.234. The first-order valence-corrected chi connectivity index (χ1v) is 10.4. The summed E-state index contributed by atoms with van der Waals surface area (Å²) in [6.45, 7) is 4.32. The number of esters is 2. The van der Waals surface area contributed by atoms with Crippen LogP contribution in [0.15, 0.2) is 54.9 Å². The van der Waals surface area contributed by atoms with Gasteiger partial charge in [0.05, 0.1) is 30.5 Å². The lowest BCUT2D eigenvalue weighted by molar-refractivity contribution is 0.0458. The molecule has 33 heavy (non-hydrogen) atoms. The van der Waals surface area contributed by atoms with E-state index in [4.69, 9.17) is 15.2 Å². The zero-order valence-electron chi connectivity index (χ0n) is 19.0. The van der Waals surface area contributed by atoms with Crippen LogP contribution in [0.2, 0.25) is 0 Å². The molecule has 9 heteroatoms. The largest absolute Gasteiger partial charge is 0.465 e.